The van der Waals surface area contributed by atoms with Crippen LogP contribution >= 0.6 is 23.4 Å². The zero-order chi connectivity index (χ0) is 20.1. The first kappa shape index (κ1) is 21.5. The summed E-state index contributed by atoms with van der Waals surface area (Å²) in [6, 6.07) is 5.13. The SMILES string of the molecule is CCOC(=O)c1ccc(Cl)cc1S[C@H]1CCC2CN[C@H](C(=O)OCC)C[C@H]2C1. The van der Waals surface area contributed by atoms with Gasteiger partial charge in [0.25, 0.3) is 0 Å². The van der Waals surface area contributed by atoms with Crippen molar-refractivity contribution in [1.29, 1.82) is 0 Å². The van der Waals surface area contributed by atoms with Crippen LogP contribution in [-0.2, 0) is 14.3 Å². The minimum Gasteiger partial charge on any atom is -0.465 e. The van der Waals surface area contributed by atoms with E-state index in [1.165, 1.54) is 0 Å². The van der Waals surface area contributed by atoms with E-state index in [9.17, 15) is 9.59 Å². The van der Waals surface area contributed by atoms with E-state index in [-0.39, 0.29) is 18.0 Å². The van der Waals surface area contributed by atoms with Gasteiger partial charge in [0.1, 0.15) is 6.04 Å². The third kappa shape index (κ3) is 5.22. The Kier molecular flexibility index (Phi) is 7.66. The second-order valence-corrected chi connectivity index (χ2v) is 9.16. The predicted molar refractivity (Wildman–Crippen MR) is 111 cm³/mol. The van der Waals surface area contributed by atoms with Gasteiger partial charge in [0.15, 0.2) is 0 Å². The van der Waals surface area contributed by atoms with E-state index in [2.05, 4.69) is 5.32 Å². The van der Waals surface area contributed by atoms with Crippen LogP contribution in [0, 0.1) is 11.8 Å². The van der Waals surface area contributed by atoms with Crippen molar-refractivity contribution in [2.75, 3.05) is 19.8 Å². The molecule has 0 spiro atoms. The number of ether oxygens (including phenoxy) is 2. The summed E-state index contributed by atoms with van der Waals surface area (Å²) >= 11 is 7.90. The maximum absolute atomic E-state index is 12.3. The quantitative estimate of drug-likeness (QED) is 0.685. The average molecular weight is 426 g/mol. The van der Waals surface area contributed by atoms with Gasteiger partial charge in [0.2, 0.25) is 0 Å². The van der Waals surface area contributed by atoms with E-state index < -0.39 is 0 Å². The number of hydrogen-bond acceptors (Lipinski definition) is 6. The van der Waals surface area contributed by atoms with Gasteiger partial charge in [-0.3, -0.25) is 4.79 Å². The lowest BCUT2D eigenvalue weighted by Crippen LogP contribution is -2.50. The second kappa shape index (κ2) is 9.99. The molecule has 0 aromatic heterocycles. The van der Waals surface area contributed by atoms with Gasteiger partial charge in [-0.15, -0.1) is 11.8 Å². The number of benzene rings is 1. The number of nitrogens with one attached hydrogen (secondary N) is 1. The van der Waals surface area contributed by atoms with Crippen molar-refractivity contribution in [2.24, 2.45) is 11.8 Å². The number of rotatable bonds is 6. The summed E-state index contributed by atoms with van der Waals surface area (Å²) in [4.78, 5) is 25.3. The lowest BCUT2D eigenvalue weighted by molar-refractivity contribution is -0.147. The van der Waals surface area contributed by atoms with Crippen LogP contribution in [-0.4, -0.2) is 43.0 Å². The standard InChI is InChI=1S/C21H28ClNO4S/c1-3-26-20(24)17-8-6-15(22)11-19(17)28-16-7-5-13-12-23-18(10-14(13)9-16)21(25)27-4-2/h6,8,11,13-14,16,18,23H,3-5,7,9-10,12H2,1-2H3/t13?,14-,16+,18+/m1/s1. The minimum atomic E-state index is -0.306. The number of piperidine rings is 1. The number of esters is 2. The maximum Gasteiger partial charge on any atom is 0.339 e. The summed E-state index contributed by atoms with van der Waals surface area (Å²) in [7, 11) is 0. The summed E-state index contributed by atoms with van der Waals surface area (Å²) in [5, 5.41) is 4.37. The van der Waals surface area contributed by atoms with E-state index >= 15 is 0 Å². The maximum atomic E-state index is 12.3. The Morgan fingerprint density at radius 2 is 1.93 bits per heavy atom. The summed E-state index contributed by atoms with van der Waals surface area (Å²) in [5.74, 6) is 0.647. The van der Waals surface area contributed by atoms with Crippen LogP contribution in [0.2, 0.25) is 5.02 Å². The molecule has 0 amide bonds. The molecule has 2 aliphatic rings. The fourth-order valence-corrected chi connectivity index (χ4v) is 5.87. The van der Waals surface area contributed by atoms with E-state index in [1.807, 2.05) is 13.0 Å². The molecule has 1 unspecified atom stereocenters. The van der Waals surface area contributed by atoms with E-state index in [0.717, 1.165) is 37.1 Å². The molecule has 7 heteroatoms. The van der Waals surface area contributed by atoms with Crippen LogP contribution in [0.3, 0.4) is 0 Å². The molecule has 2 fully saturated rings. The molecule has 0 bridgehead atoms. The third-order valence-electron chi connectivity index (χ3n) is 5.56. The van der Waals surface area contributed by atoms with Crippen molar-refractivity contribution in [3.05, 3.63) is 28.8 Å². The summed E-state index contributed by atoms with van der Waals surface area (Å²) < 4.78 is 10.4. The lowest BCUT2D eigenvalue weighted by Gasteiger charge is -2.41. The Hall–Kier alpha value is -1.24. The fraction of sp³-hybridized carbons (Fsp3) is 0.619. The summed E-state index contributed by atoms with van der Waals surface area (Å²) in [5.41, 5.74) is 0.577. The molecule has 154 valence electrons. The van der Waals surface area contributed by atoms with Gasteiger partial charge in [-0.1, -0.05) is 11.6 Å². The van der Waals surface area contributed by atoms with Crippen LogP contribution in [0.5, 0.6) is 0 Å². The molecule has 1 aliphatic heterocycles. The zero-order valence-electron chi connectivity index (χ0n) is 16.4. The Balaban J connectivity index is 1.67. The number of thioether (sulfide) groups is 1. The molecule has 28 heavy (non-hydrogen) atoms. The predicted octanol–water partition coefficient (Wildman–Crippen LogP) is 4.32. The number of carbonyl (C=O) groups is 2. The Labute approximate surface area is 175 Å². The number of hydrogen-bond donors (Lipinski definition) is 1. The lowest BCUT2D eigenvalue weighted by atomic mass is 9.73. The van der Waals surface area contributed by atoms with Gasteiger partial charge in [0, 0.05) is 15.2 Å². The van der Waals surface area contributed by atoms with E-state index in [4.69, 9.17) is 21.1 Å². The summed E-state index contributed by atoms with van der Waals surface area (Å²) in [6.07, 6.45) is 4.06. The van der Waals surface area contributed by atoms with Gasteiger partial charge in [-0.2, -0.15) is 0 Å². The highest BCUT2D eigenvalue weighted by Crippen LogP contribution is 2.43. The normalized spacial score (nSPS) is 27.0. The zero-order valence-corrected chi connectivity index (χ0v) is 18.0. The number of carbonyl (C=O) groups excluding carboxylic acids is 2. The van der Waals surface area contributed by atoms with Gasteiger partial charge >= 0.3 is 11.9 Å². The van der Waals surface area contributed by atoms with Gasteiger partial charge in [-0.25, -0.2) is 4.79 Å². The highest BCUT2D eigenvalue weighted by atomic mass is 35.5. The van der Waals surface area contributed by atoms with Crippen LogP contribution in [0.4, 0.5) is 0 Å². The average Bonchev–Trinajstić information content (AvgIpc) is 2.68. The molecule has 1 saturated heterocycles. The first-order valence-electron chi connectivity index (χ1n) is 10.0. The Bertz CT molecular complexity index is 714. The minimum absolute atomic E-state index is 0.143. The van der Waals surface area contributed by atoms with Crippen molar-refractivity contribution < 1.29 is 19.1 Å². The largest absolute Gasteiger partial charge is 0.465 e. The van der Waals surface area contributed by atoms with Crippen LogP contribution in [0.15, 0.2) is 23.1 Å². The van der Waals surface area contributed by atoms with Crippen molar-refractivity contribution in [2.45, 2.75) is 55.7 Å². The second-order valence-electron chi connectivity index (χ2n) is 7.38. The monoisotopic (exact) mass is 425 g/mol. The highest BCUT2D eigenvalue weighted by Gasteiger charge is 2.38. The van der Waals surface area contributed by atoms with E-state index in [0.29, 0.717) is 40.9 Å². The van der Waals surface area contributed by atoms with Crippen molar-refractivity contribution in [1.82, 2.24) is 5.32 Å². The number of halogens is 1. The first-order chi connectivity index (χ1) is 13.5. The fourth-order valence-electron chi connectivity index (χ4n) is 4.20. The van der Waals surface area contributed by atoms with Gasteiger partial charge < -0.3 is 14.8 Å². The van der Waals surface area contributed by atoms with Crippen molar-refractivity contribution in [3.8, 4) is 0 Å². The van der Waals surface area contributed by atoms with Crippen LogP contribution in [0.1, 0.15) is 49.9 Å². The van der Waals surface area contributed by atoms with E-state index in [1.54, 1.807) is 30.8 Å². The van der Waals surface area contributed by atoms with Crippen LogP contribution < -0.4 is 5.32 Å². The molecular formula is C21H28ClNO4S. The molecule has 0 radical (unpaired) electrons. The molecule has 1 heterocycles. The van der Waals surface area contributed by atoms with Crippen molar-refractivity contribution >= 4 is 35.3 Å². The first-order valence-corrected chi connectivity index (χ1v) is 11.3. The molecule has 1 aromatic rings. The molecule has 4 atom stereocenters. The molecule has 3 rings (SSSR count). The number of fused-ring (bicyclic) bond motifs is 1. The van der Waals surface area contributed by atoms with Crippen molar-refractivity contribution in [3.63, 3.8) is 0 Å². The van der Waals surface area contributed by atoms with Gasteiger partial charge in [0.05, 0.1) is 18.8 Å². The topological polar surface area (TPSA) is 64.6 Å². The molecule has 1 N–H and O–H groups in total. The molecule has 1 saturated carbocycles. The Morgan fingerprint density at radius 3 is 2.68 bits per heavy atom. The molecule has 1 aromatic carbocycles. The smallest absolute Gasteiger partial charge is 0.339 e. The van der Waals surface area contributed by atoms with Gasteiger partial charge in [-0.05, 0) is 76.1 Å². The highest BCUT2D eigenvalue weighted by molar-refractivity contribution is 8.00. The molecular weight excluding hydrogens is 398 g/mol. The Morgan fingerprint density at radius 1 is 1.14 bits per heavy atom. The molecule has 5 nitrogen and oxygen atoms in total. The van der Waals surface area contributed by atoms with Crippen LogP contribution in [0.25, 0.3) is 0 Å². The third-order valence-corrected chi connectivity index (χ3v) is 7.15. The molecule has 1 aliphatic carbocycles. The summed E-state index contributed by atoms with van der Waals surface area (Å²) in [6.45, 7) is 5.27.